The van der Waals surface area contributed by atoms with E-state index in [9.17, 15) is 18.0 Å². The zero-order valence-electron chi connectivity index (χ0n) is 8.13. The molecular weight excluding hydrogens is 254 g/mol. The maximum atomic E-state index is 11.9. The zero-order valence-corrected chi connectivity index (χ0v) is 9.64. The normalized spacial score (nSPS) is 12.7. The molecule has 0 bridgehead atoms. The van der Waals surface area contributed by atoms with Gasteiger partial charge in [-0.25, -0.2) is 0 Å². The van der Waals surface area contributed by atoms with Crippen molar-refractivity contribution in [2.24, 2.45) is 0 Å². The van der Waals surface area contributed by atoms with Crippen molar-refractivity contribution in [3.8, 4) is 0 Å². The summed E-state index contributed by atoms with van der Waals surface area (Å²) in [6.45, 7) is 1.69. The van der Waals surface area contributed by atoms with Crippen LogP contribution >= 0.6 is 23.2 Å². The molecule has 0 atom stereocenters. The molecule has 0 aromatic heterocycles. The summed E-state index contributed by atoms with van der Waals surface area (Å²) in [5, 5.41) is 2.21. The van der Waals surface area contributed by atoms with E-state index in [-0.39, 0.29) is 11.8 Å². The molecule has 90 valence electrons. The number of rotatable bonds is 5. The van der Waals surface area contributed by atoms with Crippen molar-refractivity contribution in [1.29, 1.82) is 0 Å². The second-order valence-electron chi connectivity index (χ2n) is 3.24. The molecule has 0 saturated carbocycles. The number of carbonyl (C=O) groups is 1. The van der Waals surface area contributed by atoms with Gasteiger partial charge in [0.05, 0.1) is 5.54 Å². The first-order valence-corrected chi connectivity index (χ1v) is 5.35. The van der Waals surface area contributed by atoms with E-state index >= 15 is 0 Å². The van der Waals surface area contributed by atoms with E-state index in [1.54, 1.807) is 6.92 Å². The Balaban J connectivity index is 4.36. The monoisotopic (exact) mass is 265 g/mol. The van der Waals surface area contributed by atoms with Crippen molar-refractivity contribution in [1.82, 2.24) is 5.32 Å². The number of carbonyl (C=O) groups excluding carboxylic acids is 1. The van der Waals surface area contributed by atoms with Gasteiger partial charge >= 0.3 is 6.18 Å². The predicted octanol–water partition coefficient (Wildman–Crippen LogP) is 2.68. The van der Waals surface area contributed by atoms with Crippen LogP contribution < -0.4 is 5.32 Å². The highest BCUT2D eigenvalue weighted by molar-refractivity contribution is 6.22. The maximum Gasteiger partial charge on any atom is 0.397 e. The Kier molecular flexibility index (Phi) is 5.73. The highest BCUT2D eigenvalue weighted by atomic mass is 35.5. The van der Waals surface area contributed by atoms with Gasteiger partial charge in [0.2, 0.25) is 5.91 Å². The van der Waals surface area contributed by atoms with Gasteiger partial charge in [-0.05, 0) is 6.42 Å². The summed E-state index contributed by atoms with van der Waals surface area (Å²) in [4.78, 5) is 11.0. The van der Waals surface area contributed by atoms with E-state index in [2.05, 4.69) is 5.32 Å². The third kappa shape index (κ3) is 5.47. The van der Waals surface area contributed by atoms with E-state index in [1.165, 1.54) is 0 Å². The first kappa shape index (κ1) is 14.8. The molecule has 0 aromatic rings. The van der Waals surface area contributed by atoms with Crippen LogP contribution in [-0.4, -0.2) is 29.4 Å². The second-order valence-corrected chi connectivity index (χ2v) is 3.78. The Bertz CT molecular complexity index is 208. The van der Waals surface area contributed by atoms with Gasteiger partial charge in [-0.2, -0.15) is 13.2 Å². The molecule has 0 fully saturated rings. The third-order valence-electron chi connectivity index (χ3n) is 1.95. The average Bonchev–Trinajstić information content (AvgIpc) is 2.11. The van der Waals surface area contributed by atoms with Crippen LogP contribution in [0.5, 0.6) is 0 Å². The standard InChI is InChI=1S/C8H12Cl2F3NO/c1-2-7(4-9,5-10)14-6(15)3-8(11,12)13/h2-5H2,1H3,(H,14,15). The molecule has 2 nitrogen and oxygen atoms in total. The molecule has 0 aromatic carbocycles. The number of nitrogens with one attached hydrogen (secondary N) is 1. The highest BCUT2D eigenvalue weighted by Crippen LogP contribution is 2.21. The molecule has 1 N–H and O–H groups in total. The molecule has 7 heteroatoms. The average molecular weight is 266 g/mol. The van der Waals surface area contributed by atoms with Crippen molar-refractivity contribution >= 4 is 29.1 Å². The third-order valence-corrected chi connectivity index (χ3v) is 2.98. The van der Waals surface area contributed by atoms with E-state index < -0.39 is 24.0 Å². The second kappa shape index (κ2) is 5.80. The Morgan fingerprint density at radius 2 is 1.73 bits per heavy atom. The Hall–Kier alpha value is -0.160. The molecule has 0 aliphatic rings. The van der Waals surface area contributed by atoms with Crippen molar-refractivity contribution in [2.75, 3.05) is 11.8 Å². The lowest BCUT2D eigenvalue weighted by Gasteiger charge is -2.29. The maximum absolute atomic E-state index is 11.9. The first-order chi connectivity index (χ1) is 6.78. The highest BCUT2D eigenvalue weighted by Gasteiger charge is 2.35. The molecule has 0 aliphatic heterocycles. The van der Waals surface area contributed by atoms with Crippen molar-refractivity contribution < 1.29 is 18.0 Å². The fourth-order valence-electron chi connectivity index (χ4n) is 0.902. The van der Waals surface area contributed by atoms with Crippen LogP contribution in [0.3, 0.4) is 0 Å². The quantitative estimate of drug-likeness (QED) is 0.761. The molecule has 0 spiro atoms. The van der Waals surface area contributed by atoms with Crippen LogP contribution in [0.25, 0.3) is 0 Å². The van der Waals surface area contributed by atoms with E-state index in [0.717, 1.165) is 0 Å². The molecule has 0 aliphatic carbocycles. The smallest absolute Gasteiger partial charge is 0.348 e. The van der Waals surface area contributed by atoms with E-state index in [0.29, 0.717) is 6.42 Å². The molecule has 0 rings (SSSR count). The number of alkyl halides is 5. The van der Waals surface area contributed by atoms with Gasteiger partial charge in [0.25, 0.3) is 0 Å². The molecule has 0 saturated heterocycles. The molecule has 1 amide bonds. The summed E-state index contributed by atoms with van der Waals surface area (Å²) >= 11 is 11.1. The minimum absolute atomic E-state index is 0.0173. The van der Waals surface area contributed by atoms with E-state index in [1.807, 2.05) is 0 Å². The van der Waals surface area contributed by atoms with Crippen LogP contribution in [0.15, 0.2) is 0 Å². The number of halogens is 5. The van der Waals surface area contributed by atoms with Gasteiger partial charge in [0.15, 0.2) is 0 Å². The SMILES string of the molecule is CCC(CCl)(CCl)NC(=O)CC(F)(F)F. The topological polar surface area (TPSA) is 29.1 Å². The number of amides is 1. The van der Waals surface area contributed by atoms with Gasteiger partial charge < -0.3 is 5.32 Å². The van der Waals surface area contributed by atoms with Gasteiger partial charge in [0.1, 0.15) is 6.42 Å². The summed E-state index contributed by atoms with van der Waals surface area (Å²) in [6.07, 6.45) is -5.64. The van der Waals surface area contributed by atoms with Gasteiger partial charge in [-0.1, -0.05) is 6.92 Å². The summed E-state index contributed by atoms with van der Waals surface area (Å²) < 4.78 is 35.6. The van der Waals surface area contributed by atoms with Gasteiger partial charge in [0, 0.05) is 11.8 Å². The zero-order chi connectivity index (χ0) is 12.1. The number of hydrogen-bond donors (Lipinski definition) is 1. The summed E-state index contributed by atoms with van der Waals surface area (Å²) in [5.41, 5.74) is -0.953. The molecule has 15 heavy (non-hydrogen) atoms. The molecule has 0 radical (unpaired) electrons. The van der Waals surface area contributed by atoms with Crippen LogP contribution in [-0.2, 0) is 4.79 Å². The van der Waals surface area contributed by atoms with Crippen LogP contribution in [0.4, 0.5) is 13.2 Å². The largest absolute Gasteiger partial charge is 0.397 e. The van der Waals surface area contributed by atoms with Crippen LogP contribution in [0.2, 0.25) is 0 Å². The summed E-state index contributed by atoms with van der Waals surface area (Å²) in [7, 11) is 0. The first-order valence-electron chi connectivity index (χ1n) is 4.28. The Labute approximate surface area is 96.1 Å². The lowest BCUT2D eigenvalue weighted by Crippen LogP contribution is -2.52. The van der Waals surface area contributed by atoms with Gasteiger partial charge in [-0.3, -0.25) is 4.79 Å². The fourth-order valence-corrected chi connectivity index (χ4v) is 1.70. The predicted molar refractivity (Wildman–Crippen MR) is 53.3 cm³/mol. The lowest BCUT2D eigenvalue weighted by molar-refractivity contribution is -0.154. The number of hydrogen-bond acceptors (Lipinski definition) is 1. The minimum atomic E-state index is -4.51. The van der Waals surface area contributed by atoms with Crippen LogP contribution in [0, 0.1) is 0 Å². The fraction of sp³-hybridized carbons (Fsp3) is 0.875. The molecule has 0 heterocycles. The lowest BCUT2D eigenvalue weighted by atomic mass is 10.0. The molecular formula is C8H12Cl2F3NO. The van der Waals surface area contributed by atoms with Crippen molar-refractivity contribution in [3.63, 3.8) is 0 Å². The Morgan fingerprint density at radius 3 is 2.00 bits per heavy atom. The van der Waals surface area contributed by atoms with E-state index in [4.69, 9.17) is 23.2 Å². The summed E-state index contributed by atoms with van der Waals surface area (Å²) in [5.74, 6) is -1.14. The minimum Gasteiger partial charge on any atom is -0.348 e. The Morgan fingerprint density at radius 1 is 1.27 bits per heavy atom. The van der Waals surface area contributed by atoms with Gasteiger partial charge in [-0.15, -0.1) is 23.2 Å². The molecule has 0 unspecified atom stereocenters. The van der Waals surface area contributed by atoms with Crippen molar-refractivity contribution in [3.05, 3.63) is 0 Å². The summed E-state index contributed by atoms with van der Waals surface area (Å²) in [6, 6.07) is 0. The van der Waals surface area contributed by atoms with Crippen molar-refractivity contribution in [2.45, 2.75) is 31.5 Å². The van der Waals surface area contributed by atoms with Crippen LogP contribution in [0.1, 0.15) is 19.8 Å².